The number of para-hydroxylation sites is 1. The van der Waals surface area contributed by atoms with Gasteiger partial charge in [0, 0.05) is 12.8 Å². The van der Waals surface area contributed by atoms with E-state index in [2.05, 4.69) is 16.8 Å². The Morgan fingerprint density at radius 3 is 2.89 bits per heavy atom. The van der Waals surface area contributed by atoms with Crippen molar-refractivity contribution in [3.63, 3.8) is 0 Å². The highest BCUT2D eigenvalue weighted by Crippen LogP contribution is 2.29. The number of rotatable bonds is 5. The molecule has 0 bridgehead atoms. The lowest BCUT2D eigenvalue weighted by atomic mass is 10.2. The second-order valence-electron chi connectivity index (χ2n) is 3.67. The van der Waals surface area contributed by atoms with Crippen molar-refractivity contribution in [2.45, 2.75) is 5.16 Å². The maximum atomic E-state index is 5.34. The lowest BCUT2D eigenvalue weighted by molar-refractivity contribution is 0.416. The molecule has 94 valence electrons. The minimum absolute atomic E-state index is 0.799. The molecule has 1 aromatic carbocycles. The van der Waals surface area contributed by atoms with Gasteiger partial charge in [-0.05, 0) is 12.1 Å². The summed E-state index contributed by atoms with van der Waals surface area (Å²) in [5.41, 5.74) is 0.945. The lowest BCUT2D eigenvalue weighted by Crippen LogP contribution is -1.96. The third-order valence-corrected chi connectivity index (χ3v) is 3.53. The van der Waals surface area contributed by atoms with Gasteiger partial charge >= 0.3 is 0 Å². The monoisotopic (exact) mass is 261 g/mol. The van der Waals surface area contributed by atoms with Crippen molar-refractivity contribution in [2.75, 3.05) is 12.9 Å². The molecule has 0 aliphatic heterocycles. The summed E-state index contributed by atoms with van der Waals surface area (Å²) in [5, 5.41) is 9.27. The molecule has 0 saturated carbocycles. The van der Waals surface area contributed by atoms with Crippen molar-refractivity contribution in [1.82, 2.24) is 14.8 Å². The fraction of sp³-hybridized carbons (Fsp3) is 0.231. The van der Waals surface area contributed by atoms with Crippen LogP contribution in [-0.2, 0) is 7.05 Å². The molecule has 1 aromatic heterocycles. The van der Waals surface area contributed by atoms with Crippen LogP contribution in [0.25, 0.3) is 11.4 Å². The van der Waals surface area contributed by atoms with E-state index in [9.17, 15) is 0 Å². The molecule has 0 amide bonds. The summed E-state index contributed by atoms with van der Waals surface area (Å²) in [6, 6.07) is 7.79. The molecule has 0 fully saturated rings. The van der Waals surface area contributed by atoms with Gasteiger partial charge in [-0.25, -0.2) is 0 Å². The number of hydrogen-bond acceptors (Lipinski definition) is 4. The molecule has 5 heteroatoms. The number of ether oxygens (including phenoxy) is 1. The molecule has 2 rings (SSSR count). The van der Waals surface area contributed by atoms with Gasteiger partial charge in [-0.3, -0.25) is 0 Å². The van der Waals surface area contributed by atoms with E-state index in [1.165, 1.54) is 0 Å². The van der Waals surface area contributed by atoms with Gasteiger partial charge in [0.25, 0.3) is 0 Å². The zero-order chi connectivity index (χ0) is 13.0. The Hall–Kier alpha value is -1.75. The summed E-state index contributed by atoms with van der Waals surface area (Å²) in [6.45, 7) is 3.70. The van der Waals surface area contributed by atoms with Crippen LogP contribution in [0.15, 0.2) is 42.1 Å². The van der Waals surface area contributed by atoms with E-state index in [0.29, 0.717) is 0 Å². The molecule has 2 aromatic rings. The smallest absolute Gasteiger partial charge is 0.191 e. The molecule has 0 aliphatic rings. The third kappa shape index (κ3) is 2.41. The molecule has 0 saturated heterocycles. The van der Waals surface area contributed by atoms with E-state index in [-0.39, 0.29) is 0 Å². The van der Waals surface area contributed by atoms with Crippen molar-refractivity contribution >= 4 is 11.8 Å². The average Bonchev–Trinajstić information content (AvgIpc) is 2.77. The van der Waals surface area contributed by atoms with Crippen LogP contribution < -0.4 is 4.74 Å². The average molecular weight is 261 g/mol. The van der Waals surface area contributed by atoms with E-state index in [0.717, 1.165) is 28.0 Å². The van der Waals surface area contributed by atoms with Gasteiger partial charge in [-0.2, -0.15) is 0 Å². The second-order valence-corrected chi connectivity index (χ2v) is 4.65. The van der Waals surface area contributed by atoms with Gasteiger partial charge in [-0.15, -0.1) is 16.8 Å². The SMILES string of the molecule is C=CCSc1nnc(-c2ccccc2OC)n1C. The quantitative estimate of drug-likeness (QED) is 0.613. The van der Waals surface area contributed by atoms with Crippen LogP contribution in [0.3, 0.4) is 0 Å². The largest absolute Gasteiger partial charge is 0.496 e. The number of aromatic nitrogens is 3. The third-order valence-electron chi connectivity index (χ3n) is 2.51. The first kappa shape index (κ1) is 12.7. The van der Waals surface area contributed by atoms with Crippen molar-refractivity contribution in [3.05, 3.63) is 36.9 Å². The number of benzene rings is 1. The highest BCUT2D eigenvalue weighted by Gasteiger charge is 2.14. The van der Waals surface area contributed by atoms with Crippen LogP contribution in [0.1, 0.15) is 0 Å². The predicted octanol–water partition coefficient (Wildman–Crippen LogP) is 2.77. The van der Waals surface area contributed by atoms with E-state index in [1.54, 1.807) is 18.9 Å². The Balaban J connectivity index is 2.39. The Bertz CT molecular complexity index is 551. The minimum atomic E-state index is 0.799. The van der Waals surface area contributed by atoms with Crippen LogP contribution in [0, 0.1) is 0 Å². The highest BCUT2D eigenvalue weighted by atomic mass is 32.2. The molecule has 0 N–H and O–H groups in total. The number of hydrogen-bond donors (Lipinski definition) is 0. The fourth-order valence-corrected chi connectivity index (χ4v) is 2.28. The van der Waals surface area contributed by atoms with Crippen LogP contribution in [0.5, 0.6) is 5.75 Å². The standard InChI is InChI=1S/C13H15N3OS/c1-4-9-18-13-15-14-12(16(13)2)10-7-5-6-8-11(10)17-3/h4-8H,1,9H2,2-3H3. The Labute approximate surface area is 111 Å². The maximum absolute atomic E-state index is 5.34. The summed E-state index contributed by atoms with van der Waals surface area (Å²) >= 11 is 1.61. The van der Waals surface area contributed by atoms with Crippen LogP contribution in [-0.4, -0.2) is 27.6 Å². The first-order chi connectivity index (χ1) is 8.77. The maximum Gasteiger partial charge on any atom is 0.191 e. The number of thioether (sulfide) groups is 1. The summed E-state index contributed by atoms with van der Waals surface area (Å²) in [7, 11) is 3.61. The lowest BCUT2D eigenvalue weighted by Gasteiger charge is -2.07. The molecule has 0 atom stereocenters. The van der Waals surface area contributed by atoms with E-state index >= 15 is 0 Å². The molecule has 1 heterocycles. The van der Waals surface area contributed by atoms with Crippen LogP contribution in [0.2, 0.25) is 0 Å². The van der Waals surface area contributed by atoms with E-state index in [4.69, 9.17) is 4.74 Å². The van der Waals surface area contributed by atoms with Gasteiger partial charge in [0.2, 0.25) is 0 Å². The first-order valence-electron chi connectivity index (χ1n) is 5.54. The summed E-state index contributed by atoms with van der Waals surface area (Å²) in [4.78, 5) is 0. The van der Waals surface area contributed by atoms with E-state index < -0.39 is 0 Å². The zero-order valence-corrected chi connectivity index (χ0v) is 11.3. The summed E-state index contributed by atoms with van der Waals surface area (Å²) in [6.07, 6.45) is 1.85. The molecule has 4 nitrogen and oxygen atoms in total. The molecule has 0 radical (unpaired) electrons. The predicted molar refractivity (Wildman–Crippen MR) is 73.9 cm³/mol. The number of methoxy groups -OCH3 is 1. The minimum Gasteiger partial charge on any atom is -0.496 e. The Kier molecular flexibility index (Phi) is 4.04. The van der Waals surface area contributed by atoms with Gasteiger partial charge < -0.3 is 9.30 Å². The Morgan fingerprint density at radius 2 is 2.17 bits per heavy atom. The molecule has 0 spiro atoms. The van der Waals surface area contributed by atoms with Crippen molar-refractivity contribution in [3.8, 4) is 17.1 Å². The van der Waals surface area contributed by atoms with E-state index in [1.807, 2.05) is 42.0 Å². The number of nitrogens with zero attached hydrogens (tertiary/aromatic N) is 3. The molecular weight excluding hydrogens is 246 g/mol. The summed E-state index contributed by atoms with van der Waals surface area (Å²) in [5.74, 6) is 2.42. The fourth-order valence-electron chi connectivity index (χ4n) is 1.64. The topological polar surface area (TPSA) is 39.9 Å². The molecular formula is C13H15N3OS. The van der Waals surface area contributed by atoms with Gasteiger partial charge in [-0.1, -0.05) is 30.0 Å². The second kappa shape index (κ2) is 5.73. The van der Waals surface area contributed by atoms with Crippen molar-refractivity contribution < 1.29 is 4.74 Å². The van der Waals surface area contributed by atoms with Crippen molar-refractivity contribution in [1.29, 1.82) is 0 Å². The van der Waals surface area contributed by atoms with Crippen LogP contribution >= 0.6 is 11.8 Å². The Morgan fingerprint density at radius 1 is 1.39 bits per heavy atom. The first-order valence-corrected chi connectivity index (χ1v) is 6.53. The summed E-state index contributed by atoms with van der Waals surface area (Å²) < 4.78 is 7.31. The van der Waals surface area contributed by atoms with Crippen LogP contribution in [0.4, 0.5) is 0 Å². The highest BCUT2D eigenvalue weighted by molar-refractivity contribution is 7.99. The molecule has 0 aliphatic carbocycles. The zero-order valence-electron chi connectivity index (χ0n) is 10.5. The van der Waals surface area contributed by atoms with Gasteiger partial charge in [0.15, 0.2) is 11.0 Å². The van der Waals surface area contributed by atoms with Crippen molar-refractivity contribution in [2.24, 2.45) is 7.05 Å². The normalized spacial score (nSPS) is 10.3. The van der Waals surface area contributed by atoms with Gasteiger partial charge in [0.05, 0.1) is 12.7 Å². The molecule has 0 unspecified atom stereocenters. The molecule has 18 heavy (non-hydrogen) atoms. The van der Waals surface area contributed by atoms with Gasteiger partial charge in [0.1, 0.15) is 5.75 Å².